The fraction of sp³-hybridized carbons (Fsp3) is 0.207. The van der Waals surface area contributed by atoms with Gasteiger partial charge in [-0.2, -0.15) is 0 Å². The zero-order chi connectivity index (χ0) is 26.4. The summed E-state index contributed by atoms with van der Waals surface area (Å²) in [6.07, 6.45) is 4.85. The zero-order valence-electron chi connectivity index (χ0n) is 20.5. The fourth-order valence-corrected chi connectivity index (χ4v) is 4.48. The number of amides is 1. The Morgan fingerprint density at radius 2 is 1.73 bits per heavy atom. The first-order valence-corrected chi connectivity index (χ1v) is 12.4. The highest BCUT2D eigenvalue weighted by Crippen LogP contribution is 2.38. The van der Waals surface area contributed by atoms with Crippen LogP contribution in [0.25, 0.3) is 0 Å². The van der Waals surface area contributed by atoms with Crippen LogP contribution in [0, 0.1) is 0 Å². The maximum atomic E-state index is 13.2. The number of ether oxygens (including phenoxy) is 1. The molecule has 0 bridgehead atoms. The molecule has 3 heterocycles. The van der Waals surface area contributed by atoms with Crippen molar-refractivity contribution in [2.75, 3.05) is 7.11 Å². The Balaban J connectivity index is 0.000000396. The summed E-state index contributed by atoms with van der Waals surface area (Å²) in [7, 11) is 1.57. The molecule has 1 amide bonds. The van der Waals surface area contributed by atoms with Gasteiger partial charge >= 0.3 is 0 Å². The number of aliphatic hydroxyl groups is 1. The number of fused-ring (bicyclic) bond motifs is 1. The number of hydrogen-bond donors (Lipinski definition) is 1. The van der Waals surface area contributed by atoms with Gasteiger partial charge in [-0.15, -0.1) is 0 Å². The molecule has 2 unspecified atom stereocenters. The van der Waals surface area contributed by atoms with Crippen LogP contribution in [-0.2, 0) is 23.3 Å². The number of benzene rings is 2. The lowest BCUT2D eigenvalue weighted by molar-refractivity contribution is -0.0167. The van der Waals surface area contributed by atoms with Crippen molar-refractivity contribution < 1.29 is 14.6 Å². The van der Waals surface area contributed by atoms with Crippen molar-refractivity contribution in [1.82, 2.24) is 14.9 Å². The molecule has 1 aliphatic heterocycles. The Bertz CT molecular complexity index is 1330. The molecule has 8 heteroatoms. The van der Waals surface area contributed by atoms with E-state index in [1.165, 1.54) is 0 Å². The van der Waals surface area contributed by atoms with Gasteiger partial charge < -0.3 is 14.7 Å². The number of pyridine rings is 2. The highest BCUT2D eigenvalue weighted by Gasteiger charge is 2.38. The van der Waals surface area contributed by atoms with E-state index in [1.807, 2.05) is 54.6 Å². The number of carbonyl (C=O) groups excluding carboxylic acids is 1. The van der Waals surface area contributed by atoms with Crippen molar-refractivity contribution in [2.45, 2.75) is 31.7 Å². The maximum absolute atomic E-state index is 13.2. The molecule has 190 valence electrons. The van der Waals surface area contributed by atoms with Crippen molar-refractivity contribution in [1.29, 1.82) is 0 Å². The van der Waals surface area contributed by atoms with Crippen LogP contribution < -0.4 is 0 Å². The summed E-state index contributed by atoms with van der Waals surface area (Å²) in [5.41, 5.74) is 2.53. The summed E-state index contributed by atoms with van der Waals surface area (Å²) < 4.78 is 5.62. The molecule has 0 radical (unpaired) electrons. The third-order valence-electron chi connectivity index (χ3n) is 6.09. The molecule has 0 fully saturated rings. The van der Waals surface area contributed by atoms with Crippen LogP contribution >= 0.6 is 23.2 Å². The number of hydrogen-bond acceptors (Lipinski definition) is 5. The largest absolute Gasteiger partial charge is 0.385 e. The minimum Gasteiger partial charge on any atom is -0.385 e. The van der Waals surface area contributed by atoms with Gasteiger partial charge in [-0.05, 0) is 60.5 Å². The molecular weight excluding hydrogens is 509 g/mol. The molecule has 0 saturated heterocycles. The quantitative estimate of drug-likeness (QED) is 0.317. The molecule has 1 N–H and O–H groups in total. The molecule has 4 aromatic rings. The molecule has 0 spiro atoms. The summed E-state index contributed by atoms with van der Waals surface area (Å²) in [5.74, 6) is -0.157. The van der Waals surface area contributed by atoms with Crippen LogP contribution in [0.5, 0.6) is 0 Å². The first-order valence-electron chi connectivity index (χ1n) is 11.7. The van der Waals surface area contributed by atoms with E-state index in [0.29, 0.717) is 34.8 Å². The van der Waals surface area contributed by atoms with E-state index in [9.17, 15) is 9.90 Å². The van der Waals surface area contributed by atoms with Crippen molar-refractivity contribution in [3.63, 3.8) is 0 Å². The smallest absolute Gasteiger partial charge is 0.256 e. The van der Waals surface area contributed by atoms with Gasteiger partial charge in [-0.3, -0.25) is 14.8 Å². The second kappa shape index (κ2) is 11.8. The monoisotopic (exact) mass is 535 g/mol. The predicted octanol–water partition coefficient (Wildman–Crippen LogP) is 6.22. The number of rotatable bonds is 6. The van der Waals surface area contributed by atoms with E-state index >= 15 is 0 Å². The van der Waals surface area contributed by atoms with E-state index in [1.54, 1.807) is 55.7 Å². The summed E-state index contributed by atoms with van der Waals surface area (Å²) >= 11 is 11.4. The zero-order valence-corrected chi connectivity index (χ0v) is 22.0. The molecule has 2 aromatic carbocycles. The Morgan fingerprint density at radius 3 is 2.32 bits per heavy atom. The molecule has 2 aromatic heterocycles. The van der Waals surface area contributed by atoms with Crippen LogP contribution in [0.15, 0.2) is 91.4 Å². The number of aromatic nitrogens is 2. The van der Waals surface area contributed by atoms with Gasteiger partial charge in [0, 0.05) is 48.3 Å². The number of nitrogens with zero attached hydrogens (tertiary/aromatic N) is 3. The van der Waals surface area contributed by atoms with E-state index in [2.05, 4.69) is 9.97 Å². The van der Waals surface area contributed by atoms with Gasteiger partial charge in [0.05, 0.1) is 22.9 Å². The van der Waals surface area contributed by atoms with Gasteiger partial charge in [0.25, 0.3) is 5.91 Å². The number of halogens is 2. The molecule has 6 nitrogen and oxygen atoms in total. The highest BCUT2D eigenvalue weighted by atomic mass is 35.5. The molecule has 0 aliphatic carbocycles. The van der Waals surface area contributed by atoms with Crippen LogP contribution in [-0.4, -0.2) is 33.0 Å². The molecule has 0 saturated carbocycles. The second-order valence-electron chi connectivity index (χ2n) is 8.89. The van der Waals surface area contributed by atoms with E-state index in [0.717, 1.165) is 16.1 Å². The summed E-state index contributed by atoms with van der Waals surface area (Å²) in [6, 6.07) is 22.2. The lowest BCUT2D eigenvalue weighted by Gasteiger charge is -2.25. The first kappa shape index (κ1) is 26.8. The molecule has 37 heavy (non-hydrogen) atoms. The van der Waals surface area contributed by atoms with E-state index in [-0.39, 0.29) is 5.91 Å². The van der Waals surface area contributed by atoms with Crippen molar-refractivity contribution in [3.05, 3.63) is 129 Å². The summed E-state index contributed by atoms with van der Waals surface area (Å²) in [6.45, 7) is 2.05. The minimum absolute atomic E-state index is 0.157. The van der Waals surface area contributed by atoms with Gasteiger partial charge in [0.1, 0.15) is 0 Å². The van der Waals surface area contributed by atoms with Gasteiger partial charge in [-0.1, -0.05) is 53.5 Å². The lowest BCUT2D eigenvalue weighted by Crippen LogP contribution is -2.29. The fourth-order valence-electron chi connectivity index (χ4n) is 4.22. The van der Waals surface area contributed by atoms with Gasteiger partial charge in [-0.25, -0.2) is 0 Å². The summed E-state index contributed by atoms with van der Waals surface area (Å²) in [5, 5.41) is 12.4. The molecule has 2 atom stereocenters. The second-order valence-corrected chi connectivity index (χ2v) is 9.77. The first-order chi connectivity index (χ1) is 17.8. The van der Waals surface area contributed by atoms with Crippen molar-refractivity contribution in [3.8, 4) is 0 Å². The average Bonchev–Trinajstić information content (AvgIpc) is 3.16. The molecule has 1 aliphatic rings. The van der Waals surface area contributed by atoms with Gasteiger partial charge in [0.2, 0.25) is 0 Å². The SMILES string of the molecule is COC1c2ccc(C(C)(O)Cc3ccncc3)cc2C(=O)N1Cc1ccc(Cl)cn1.Clc1ccccc1. The Kier molecular flexibility index (Phi) is 8.56. The average molecular weight is 536 g/mol. The number of carbonyl (C=O) groups is 1. The maximum Gasteiger partial charge on any atom is 0.256 e. The van der Waals surface area contributed by atoms with Crippen LogP contribution in [0.2, 0.25) is 10.0 Å². The standard InChI is InChI=1S/C23H22ClN3O3.C6H5Cl/c1-23(29,12-15-7-9-25-10-8-15)16-3-6-19-20(11-16)21(28)27(22(19)30-2)14-18-5-4-17(24)13-26-18;7-6-4-2-1-3-5-6/h3-11,13,22,29H,12,14H2,1-2H3;1-5H. The van der Waals surface area contributed by atoms with Crippen LogP contribution in [0.3, 0.4) is 0 Å². The van der Waals surface area contributed by atoms with Gasteiger partial charge in [0.15, 0.2) is 6.23 Å². The lowest BCUT2D eigenvalue weighted by atomic mass is 9.87. The molecule has 5 rings (SSSR count). The predicted molar refractivity (Wildman–Crippen MR) is 144 cm³/mol. The van der Waals surface area contributed by atoms with Crippen LogP contribution in [0.4, 0.5) is 0 Å². The van der Waals surface area contributed by atoms with Crippen LogP contribution in [0.1, 0.15) is 45.9 Å². The topological polar surface area (TPSA) is 75.6 Å². The van der Waals surface area contributed by atoms with E-state index in [4.69, 9.17) is 27.9 Å². The van der Waals surface area contributed by atoms with Crippen molar-refractivity contribution in [2.24, 2.45) is 0 Å². The van der Waals surface area contributed by atoms with E-state index < -0.39 is 11.8 Å². The van der Waals surface area contributed by atoms with Crippen molar-refractivity contribution >= 4 is 29.1 Å². The summed E-state index contributed by atoms with van der Waals surface area (Å²) in [4.78, 5) is 23.1. The highest BCUT2D eigenvalue weighted by molar-refractivity contribution is 6.30. The Labute approximate surface area is 226 Å². The third-order valence-corrected chi connectivity index (χ3v) is 6.57. The Morgan fingerprint density at radius 1 is 1.00 bits per heavy atom. The normalized spacial score (nSPS) is 16.0. The number of methoxy groups -OCH3 is 1. The molecular formula is C29H27Cl2N3O3. The Hall–Kier alpha value is -3.29. The minimum atomic E-state index is -1.13. The third kappa shape index (κ3) is 6.53.